The van der Waals surface area contributed by atoms with E-state index in [9.17, 15) is 4.79 Å². The molecule has 0 saturated carbocycles. The molecule has 0 unspecified atom stereocenters. The first-order chi connectivity index (χ1) is 8.58. The number of aromatic nitrogens is 3. The van der Waals surface area contributed by atoms with Crippen LogP contribution in [-0.4, -0.2) is 25.6 Å². The third-order valence-corrected chi connectivity index (χ3v) is 2.50. The van der Waals surface area contributed by atoms with E-state index >= 15 is 0 Å². The summed E-state index contributed by atoms with van der Waals surface area (Å²) in [5, 5.41) is 11.8. The maximum absolute atomic E-state index is 10.7. The predicted molar refractivity (Wildman–Crippen MR) is 66.1 cm³/mol. The predicted octanol–water partition coefficient (Wildman–Crippen LogP) is 0.708. The molecule has 0 aliphatic heterocycles. The van der Waals surface area contributed by atoms with E-state index < -0.39 is 5.97 Å². The maximum Gasteiger partial charge on any atom is 0.337 e. The van der Waals surface area contributed by atoms with Crippen molar-refractivity contribution in [2.45, 2.75) is 6.54 Å². The van der Waals surface area contributed by atoms with Crippen molar-refractivity contribution in [2.24, 2.45) is 7.05 Å². The number of nitrogens with one attached hydrogen (secondary N) is 1. The molecule has 0 aliphatic rings. The number of rotatable bonds is 4. The second kappa shape index (κ2) is 4.74. The second-order valence-electron chi connectivity index (χ2n) is 3.77. The van der Waals surface area contributed by atoms with E-state index in [4.69, 9.17) is 10.8 Å². The van der Waals surface area contributed by atoms with Crippen LogP contribution < -0.4 is 11.1 Å². The van der Waals surface area contributed by atoms with Crippen molar-refractivity contribution < 1.29 is 9.90 Å². The number of hydrogen-bond acceptors (Lipinski definition) is 5. The van der Waals surface area contributed by atoms with E-state index in [1.54, 1.807) is 6.20 Å². The quantitative estimate of drug-likeness (QED) is 0.734. The van der Waals surface area contributed by atoms with E-state index in [0.29, 0.717) is 18.1 Å². The topological polar surface area (TPSA) is 106 Å². The zero-order valence-corrected chi connectivity index (χ0v) is 9.79. The molecule has 2 heterocycles. The largest absolute Gasteiger partial charge is 0.478 e. The molecule has 0 saturated heterocycles. The van der Waals surface area contributed by atoms with Crippen molar-refractivity contribution in [2.75, 3.05) is 11.1 Å². The van der Waals surface area contributed by atoms with Crippen LogP contribution in [0.15, 0.2) is 24.7 Å². The minimum Gasteiger partial charge on any atom is -0.478 e. The van der Waals surface area contributed by atoms with Crippen LogP contribution in [0.25, 0.3) is 0 Å². The van der Waals surface area contributed by atoms with Crippen LogP contribution in [0, 0.1) is 0 Å². The fourth-order valence-electron chi connectivity index (χ4n) is 1.48. The van der Waals surface area contributed by atoms with Crippen LogP contribution in [0.5, 0.6) is 0 Å². The van der Waals surface area contributed by atoms with E-state index in [0.717, 1.165) is 5.82 Å². The Kier molecular flexibility index (Phi) is 3.13. The van der Waals surface area contributed by atoms with Crippen LogP contribution in [0.2, 0.25) is 0 Å². The minimum atomic E-state index is -1.05. The summed E-state index contributed by atoms with van der Waals surface area (Å²) < 4.78 is 1.87. The summed E-state index contributed by atoms with van der Waals surface area (Å²) in [7, 11) is 1.88. The number of carbonyl (C=O) groups is 1. The standard InChI is InChI=1S/C11H13N5O2/c1-16-3-2-13-9(16)6-15-10-8(12)4-7(5-14-10)11(17)18/h2-5H,6,12H2,1H3,(H,14,15)(H,17,18). The van der Waals surface area contributed by atoms with Crippen LogP contribution >= 0.6 is 0 Å². The number of carboxylic acid groups (broad SMARTS) is 1. The molecule has 18 heavy (non-hydrogen) atoms. The normalized spacial score (nSPS) is 10.3. The molecular formula is C11H13N5O2. The van der Waals surface area contributed by atoms with Crippen molar-refractivity contribution in [1.82, 2.24) is 14.5 Å². The highest BCUT2D eigenvalue weighted by atomic mass is 16.4. The lowest BCUT2D eigenvalue weighted by molar-refractivity contribution is 0.0696. The van der Waals surface area contributed by atoms with Crippen molar-refractivity contribution in [1.29, 1.82) is 0 Å². The van der Waals surface area contributed by atoms with Gasteiger partial charge in [-0.15, -0.1) is 0 Å². The van der Waals surface area contributed by atoms with Crippen molar-refractivity contribution in [3.63, 3.8) is 0 Å². The molecule has 7 nitrogen and oxygen atoms in total. The summed E-state index contributed by atoms with van der Waals surface area (Å²) in [6.07, 6.45) is 4.79. The van der Waals surface area contributed by atoms with Gasteiger partial charge >= 0.3 is 5.97 Å². The number of aryl methyl sites for hydroxylation is 1. The summed E-state index contributed by atoms with van der Waals surface area (Å²) in [4.78, 5) is 18.8. The average Bonchev–Trinajstić information content (AvgIpc) is 2.73. The molecule has 4 N–H and O–H groups in total. The molecule has 2 aromatic rings. The molecule has 2 rings (SSSR count). The molecule has 94 valence electrons. The highest BCUT2D eigenvalue weighted by molar-refractivity contribution is 5.89. The number of pyridine rings is 1. The van der Waals surface area contributed by atoms with Gasteiger partial charge in [0.15, 0.2) is 0 Å². The molecule has 0 aliphatic carbocycles. The highest BCUT2D eigenvalue weighted by Crippen LogP contribution is 2.17. The van der Waals surface area contributed by atoms with Crippen LogP contribution in [-0.2, 0) is 13.6 Å². The smallest absolute Gasteiger partial charge is 0.337 e. The minimum absolute atomic E-state index is 0.0649. The summed E-state index contributed by atoms with van der Waals surface area (Å²) in [5.41, 5.74) is 6.08. The fraction of sp³-hybridized carbons (Fsp3) is 0.182. The van der Waals surface area contributed by atoms with Gasteiger partial charge in [0.05, 0.1) is 17.8 Å². The average molecular weight is 247 g/mol. The van der Waals surface area contributed by atoms with Gasteiger partial charge < -0.3 is 20.7 Å². The van der Waals surface area contributed by atoms with Gasteiger partial charge in [-0.05, 0) is 6.07 Å². The molecule has 0 atom stereocenters. The Morgan fingerprint density at radius 2 is 2.33 bits per heavy atom. The third-order valence-electron chi connectivity index (χ3n) is 2.50. The number of carboxylic acids is 1. The van der Waals surface area contributed by atoms with Gasteiger partial charge in [-0.25, -0.2) is 14.8 Å². The molecule has 7 heteroatoms. The summed E-state index contributed by atoms with van der Waals surface area (Å²) in [6, 6.07) is 1.37. The molecule has 0 fully saturated rings. The van der Waals surface area contributed by atoms with Gasteiger partial charge in [0, 0.05) is 25.6 Å². The van der Waals surface area contributed by atoms with Gasteiger partial charge in [0.25, 0.3) is 0 Å². The molecule has 0 radical (unpaired) electrons. The Labute approximate surface area is 103 Å². The number of anilines is 2. The first-order valence-electron chi connectivity index (χ1n) is 5.27. The number of nitrogen functional groups attached to an aromatic ring is 1. The van der Waals surface area contributed by atoms with Gasteiger partial charge in [-0.1, -0.05) is 0 Å². The SMILES string of the molecule is Cn1ccnc1CNc1ncc(C(=O)O)cc1N. The van der Waals surface area contributed by atoms with E-state index in [1.165, 1.54) is 12.3 Å². The Morgan fingerprint density at radius 1 is 1.56 bits per heavy atom. The number of imidazole rings is 1. The summed E-state index contributed by atoms with van der Waals surface area (Å²) >= 11 is 0. The molecule has 0 amide bonds. The number of aromatic carboxylic acids is 1. The van der Waals surface area contributed by atoms with E-state index in [1.807, 2.05) is 17.8 Å². The zero-order chi connectivity index (χ0) is 13.1. The highest BCUT2D eigenvalue weighted by Gasteiger charge is 2.08. The molecule has 2 aromatic heterocycles. The molecule has 0 bridgehead atoms. The lowest BCUT2D eigenvalue weighted by Crippen LogP contribution is -2.09. The van der Waals surface area contributed by atoms with Crippen LogP contribution in [0.3, 0.4) is 0 Å². The molecule has 0 aromatic carbocycles. The van der Waals surface area contributed by atoms with Crippen molar-refractivity contribution in [3.05, 3.63) is 36.0 Å². The number of nitrogens with two attached hydrogens (primary N) is 1. The first-order valence-corrected chi connectivity index (χ1v) is 5.27. The fourth-order valence-corrected chi connectivity index (χ4v) is 1.48. The second-order valence-corrected chi connectivity index (χ2v) is 3.77. The Balaban J connectivity index is 2.11. The first kappa shape index (κ1) is 11.9. The summed E-state index contributed by atoms with van der Waals surface area (Å²) in [5.74, 6) is 0.228. The Hall–Kier alpha value is -2.57. The molecular weight excluding hydrogens is 234 g/mol. The van der Waals surface area contributed by atoms with Gasteiger partial charge in [0.1, 0.15) is 11.6 Å². The van der Waals surface area contributed by atoms with Gasteiger partial charge in [-0.2, -0.15) is 0 Å². The zero-order valence-electron chi connectivity index (χ0n) is 9.79. The van der Waals surface area contributed by atoms with Crippen molar-refractivity contribution >= 4 is 17.5 Å². The van der Waals surface area contributed by atoms with Gasteiger partial charge in [-0.3, -0.25) is 0 Å². The van der Waals surface area contributed by atoms with E-state index in [-0.39, 0.29) is 5.56 Å². The Bertz CT molecular complexity index is 579. The maximum atomic E-state index is 10.7. The molecule has 0 spiro atoms. The van der Waals surface area contributed by atoms with Gasteiger partial charge in [0.2, 0.25) is 0 Å². The third kappa shape index (κ3) is 2.40. The van der Waals surface area contributed by atoms with E-state index in [2.05, 4.69) is 15.3 Å². The van der Waals surface area contributed by atoms with Crippen molar-refractivity contribution in [3.8, 4) is 0 Å². The van der Waals surface area contributed by atoms with Crippen LogP contribution in [0.1, 0.15) is 16.2 Å². The van der Waals surface area contributed by atoms with Crippen LogP contribution in [0.4, 0.5) is 11.5 Å². The lowest BCUT2D eigenvalue weighted by Gasteiger charge is -2.08. The summed E-state index contributed by atoms with van der Waals surface area (Å²) in [6.45, 7) is 0.465. The number of nitrogens with zero attached hydrogens (tertiary/aromatic N) is 3. The monoisotopic (exact) mass is 247 g/mol. The number of hydrogen-bond donors (Lipinski definition) is 3. The Morgan fingerprint density at radius 3 is 2.89 bits per heavy atom. The lowest BCUT2D eigenvalue weighted by atomic mass is 10.2.